The van der Waals surface area contributed by atoms with E-state index < -0.39 is 5.60 Å². The van der Waals surface area contributed by atoms with E-state index in [1.165, 1.54) is 4.57 Å². The van der Waals surface area contributed by atoms with Crippen LogP contribution in [0.2, 0.25) is 0 Å². The second-order valence-corrected chi connectivity index (χ2v) is 5.81. The first-order valence-electron chi connectivity index (χ1n) is 6.48. The van der Waals surface area contributed by atoms with Crippen molar-refractivity contribution in [3.63, 3.8) is 0 Å². The number of allylic oxidation sites excluding steroid dienone is 1. The van der Waals surface area contributed by atoms with Gasteiger partial charge in [0.25, 0.3) is 0 Å². The van der Waals surface area contributed by atoms with Gasteiger partial charge in [-0.3, -0.25) is 4.57 Å². The van der Waals surface area contributed by atoms with Crippen LogP contribution in [0.15, 0.2) is 36.5 Å². The number of ether oxygens (including phenoxy) is 1. The molecule has 4 heteroatoms. The molecule has 0 saturated carbocycles. The maximum atomic E-state index is 12.2. The molecule has 1 aromatic carbocycles. The summed E-state index contributed by atoms with van der Waals surface area (Å²) in [6.07, 6.45) is 5.19. The molecule has 0 spiro atoms. The van der Waals surface area contributed by atoms with Crippen molar-refractivity contribution < 1.29 is 9.53 Å². The molecule has 0 aliphatic heterocycles. The van der Waals surface area contributed by atoms with Crippen LogP contribution in [-0.2, 0) is 4.74 Å². The predicted molar refractivity (Wildman–Crippen MR) is 83.3 cm³/mol. The summed E-state index contributed by atoms with van der Waals surface area (Å²) >= 11 is 5.66. The molecule has 2 aromatic rings. The number of carbonyl (C=O) groups excluding carboxylic acids is 1. The Morgan fingerprint density at radius 1 is 1.35 bits per heavy atom. The number of alkyl halides is 1. The van der Waals surface area contributed by atoms with E-state index in [-0.39, 0.29) is 6.09 Å². The Bertz CT molecular complexity index is 650. The third-order valence-corrected chi connectivity index (χ3v) is 2.92. The molecule has 0 N–H and O–H groups in total. The van der Waals surface area contributed by atoms with Crippen LogP contribution in [0.4, 0.5) is 4.79 Å². The molecule has 0 atom stereocenters. The highest BCUT2D eigenvalue weighted by Gasteiger charge is 2.19. The molecule has 20 heavy (non-hydrogen) atoms. The minimum Gasteiger partial charge on any atom is -0.443 e. The highest BCUT2D eigenvalue weighted by Crippen LogP contribution is 2.22. The van der Waals surface area contributed by atoms with Gasteiger partial charge in [-0.15, -0.1) is 11.6 Å². The summed E-state index contributed by atoms with van der Waals surface area (Å²) in [5.74, 6) is 0.461. The van der Waals surface area contributed by atoms with E-state index in [2.05, 4.69) is 0 Å². The zero-order valence-corrected chi connectivity index (χ0v) is 12.6. The van der Waals surface area contributed by atoms with Gasteiger partial charge in [0, 0.05) is 17.5 Å². The van der Waals surface area contributed by atoms with Gasteiger partial charge in [0.1, 0.15) is 5.60 Å². The molecule has 0 fully saturated rings. The topological polar surface area (TPSA) is 31.2 Å². The molecule has 3 nitrogen and oxygen atoms in total. The Kier molecular flexibility index (Phi) is 4.19. The van der Waals surface area contributed by atoms with Crippen LogP contribution in [0.3, 0.4) is 0 Å². The number of carbonyl (C=O) groups is 1. The van der Waals surface area contributed by atoms with E-state index in [4.69, 9.17) is 16.3 Å². The van der Waals surface area contributed by atoms with Gasteiger partial charge in [-0.2, -0.15) is 0 Å². The number of benzene rings is 1. The number of hydrogen-bond acceptors (Lipinski definition) is 2. The number of fused-ring (bicyclic) bond motifs is 1. The van der Waals surface area contributed by atoms with Crippen molar-refractivity contribution in [3.8, 4) is 0 Å². The zero-order valence-electron chi connectivity index (χ0n) is 11.9. The van der Waals surface area contributed by atoms with Gasteiger partial charge in [-0.1, -0.05) is 24.3 Å². The van der Waals surface area contributed by atoms with Crippen LogP contribution >= 0.6 is 11.6 Å². The monoisotopic (exact) mass is 291 g/mol. The fourth-order valence-electron chi connectivity index (χ4n) is 1.98. The fraction of sp³-hybridized carbons (Fsp3) is 0.312. The van der Waals surface area contributed by atoms with Crippen LogP contribution in [0, 0.1) is 0 Å². The maximum Gasteiger partial charge on any atom is 0.418 e. The quantitative estimate of drug-likeness (QED) is 0.753. The lowest BCUT2D eigenvalue weighted by molar-refractivity contribution is 0.0544. The van der Waals surface area contributed by atoms with Crippen molar-refractivity contribution in [1.29, 1.82) is 0 Å². The summed E-state index contributed by atoms with van der Waals surface area (Å²) in [5.41, 5.74) is 1.35. The zero-order chi connectivity index (χ0) is 14.8. The summed E-state index contributed by atoms with van der Waals surface area (Å²) in [6, 6.07) is 7.71. The van der Waals surface area contributed by atoms with E-state index in [1.807, 2.05) is 57.2 Å². The molecule has 1 aromatic heterocycles. The predicted octanol–water partition coefficient (Wildman–Crippen LogP) is 4.68. The fourth-order valence-corrected chi connectivity index (χ4v) is 2.07. The number of aromatic nitrogens is 1. The second-order valence-electron chi connectivity index (χ2n) is 5.50. The number of halogens is 1. The summed E-state index contributed by atoms with van der Waals surface area (Å²) in [4.78, 5) is 12.2. The second kappa shape index (κ2) is 5.71. The first-order valence-corrected chi connectivity index (χ1v) is 7.02. The van der Waals surface area contributed by atoms with Crippen LogP contribution in [0.25, 0.3) is 17.0 Å². The summed E-state index contributed by atoms with van der Waals surface area (Å²) in [6.45, 7) is 5.56. The van der Waals surface area contributed by atoms with Crippen LogP contribution in [-0.4, -0.2) is 22.1 Å². The highest BCUT2D eigenvalue weighted by atomic mass is 35.5. The van der Waals surface area contributed by atoms with E-state index in [0.29, 0.717) is 5.88 Å². The van der Waals surface area contributed by atoms with Crippen molar-refractivity contribution in [2.75, 3.05) is 5.88 Å². The van der Waals surface area contributed by atoms with Gasteiger partial charge in [0.05, 0.1) is 5.52 Å². The highest BCUT2D eigenvalue weighted by molar-refractivity contribution is 6.19. The Labute approximate surface area is 123 Å². The summed E-state index contributed by atoms with van der Waals surface area (Å²) < 4.78 is 6.92. The van der Waals surface area contributed by atoms with E-state index in [0.717, 1.165) is 16.5 Å². The maximum absolute atomic E-state index is 12.2. The van der Waals surface area contributed by atoms with Gasteiger partial charge in [0.15, 0.2) is 0 Å². The van der Waals surface area contributed by atoms with Crippen LogP contribution in [0.1, 0.15) is 26.3 Å². The average Bonchev–Trinajstić information content (AvgIpc) is 2.78. The molecule has 2 rings (SSSR count). The Morgan fingerprint density at radius 3 is 2.75 bits per heavy atom. The molecule has 106 valence electrons. The minimum absolute atomic E-state index is 0.369. The number of rotatable bonds is 2. The van der Waals surface area contributed by atoms with Gasteiger partial charge < -0.3 is 4.74 Å². The summed E-state index contributed by atoms with van der Waals surface area (Å²) in [5, 5.41) is 1.000. The van der Waals surface area contributed by atoms with Crippen molar-refractivity contribution in [2.24, 2.45) is 0 Å². The van der Waals surface area contributed by atoms with Crippen LogP contribution < -0.4 is 0 Å². The lowest BCUT2D eigenvalue weighted by Gasteiger charge is -2.19. The first kappa shape index (κ1) is 14.7. The third kappa shape index (κ3) is 3.23. The third-order valence-electron chi connectivity index (χ3n) is 2.74. The molecular weight excluding hydrogens is 274 g/mol. The Balaban J connectivity index is 2.42. The normalized spacial score (nSPS) is 12.2. The Hall–Kier alpha value is -1.74. The molecule has 0 saturated heterocycles. The summed E-state index contributed by atoms with van der Waals surface area (Å²) in [7, 11) is 0. The average molecular weight is 292 g/mol. The van der Waals surface area contributed by atoms with Crippen molar-refractivity contribution in [2.45, 2.75) is 26.4 Å². The Morgan fingerprint density at radius 2 is 2.10 bits per heavy atom. The number of nitrogens with zero attached hydrogens (tertiary/aromatic N) is 1. The van der Waals surface area contributed by atoms with Gasteiger partial charge in [-0.05, 0) is 38.5 Å². The van der Waals surface area contributed by atoms with Crippen molar-refractivity contribution in [1.82, 2.24) is 4.57 Å². The first-order chi connectivity index (χ1) is 9.42. The number of hydrogen-bond donors (Lipinski definition) is 0. The molecular formula is C16H18ClNO2. The lowest BCUT2D eigenvalue weighted by Crippen LogP contribution is -2.26. The van der Waals surface area contributed by atoms with Gasteiger partial charge in [-0.25, -0.2) is 4.79 Å². The van der Waals surface area contributed by atoms with Gasteiger partial charge >= 0.3 is 6.09 Å². The molecule has 0 aliphatic rings. The molecule has 1 heterocycles. The van der Waals surface area contributed by atoms with E-state index >= 15 is 0 Å². The molecule has 0 amide bonds. The molecule has 0 radical (unpaired) electrons. The largest absolute Gasteiger partial charge is 0.443 e. The van der Waals surface area contributed by atoms with Crippen molar-refractivity contribution in [3.05, 3.63) is 42.1 Å². The minimum atomic E-state index is -0.510. The molecule has 0 unspecified atom stereocenters. The lowest BCUT2D eigenvalue weighted by atomic mass is 10.1. The SMILES string of the molecule is CC(C)(C)OC(=O)n1ccc2c(C=CCCl)cccc21. The standard InChI is InChI=1S/C16H18ClNO2/c1-16(2,3)20-15(19)18-11-9-13-12(7-5-10-17)6-4-8-14(13)18/h4-9,11H,10H2,1-3H3. The van der Waals surface area contributed by atoms with Crippen molar-refractivity contribution >= 4 is 34.7 Å². The van der Waals surface area contributed by atoms with Crippen LogP contribution in [0.5, 0.6) is 0 Å². The van der Waals surface area contributed by atoms with Gasteiger partial charge in [0.2, 0.25) is 0 Å². The molecule has 0 aliphatic carbocycles. The van der Waals surface area contributed by atoms with E-state index in [1.54, 1.807) is 6.20 Å². The molecule has 0 bridgehead atoms. The van der Waals surface area contributed by atoms with E-state index in [9.17, 15) is 4.79 Å². The smallest absolute Gasteiger partial charge is 0.418 e.